The normalized spacial score (nSPS) is 14.3. The van der Waals surface area contributed by atoms with E-state index in [0.29, 0.717) is 38.4 Å². The first-order chi connectivity index (χ1) is 22.1. The highest BCUT2D eigenvalue weighted by Crippen LogP contribution is 2.35. The van der Waals surface area contributed by atoms with Crippen LogP contribution in [-0.2, 0) is 20.9 Å². The Hall–Kier alpha value is -5.11. The fourth-order valence-electron chi connectivity index (χ4n) is 4.47. The minimum atomic E-state index is -0.791. The number of ether oxygens (including phenoxy) is 5. The summed E-state index contributed by atoms with van der Waals surface area (Å²) in [5, 5.41) is 9.30. The predicted octanol–water partition coefficient (Wildman–Crippen LogP) is 4.90. The SMILES string of the molecule is CCOC(=O)C1=C(C)NC(=O)N[C@H]1c1ccc(OCC(=O)N/N=C\c2cc(OC)c(OCc3cccc(F)c3)cc2Br)c(OC)c1. The zero-order chi connectivity index (χ0) is 33.2. The molecule has 3 aromatic rings. The molecule has 1 heterocycles. The van der Waals surface area contributed by atoms with Crippen LogP contribution in [0.3, 0.4) is 0 Å². The zero-order valence-corrected chi connectivity index (χ0v) is 27.0. The molecule has 14 heteroatoms. The largest absolute Gasteiger partial charge is 0.493 e. The second kappa shape index (κ2) is 15.8. The summed E-state index contributed by atoms with van der Waals surface area (Å²) in [7, 11) is 2.91. The maximum absolute atomic E-state index is 13.5. The van der Waals surface area contributed by atoms with Crippen molar-refractivity contribution in [2.45, 2.75) is 26.5 Å². The molecule has 0 aliphatic carbocycles. The van der Waals surface area contributed by atoms with E-state index in [1.807, 2.05) is 0 Å². The van der Waals surface area contributed by atoms with Gasteiger partial charge in [-0.05, 0) is 77.3 Å². The molecule has 1 aliphatic rings. The van der Waals surface area contributed by atoms with E-state index in [2.05, 4.69) is 37.1 Å². The van der Waals surface area contributed by atoms with Crippen LogP contribution >= 0.6 is 15.9 Å². The Balaban J connectivity index is 1.38. The molecule has 3 amide bonds. The molecule has 3 aromatic carbocycles. The minimum Gasteiger partial charge on any atom is -0.493 e. The van der Waals surface area contributed by atoms with Crippen molar-refractivity contribution >= 4 is 40.1 Å². The van der Waals surface area contributed by atoms with E-state index in [4.69, 9.17) is 23.7 Å². The Morgan fingerprint density at radius 3 is 2.50 bits per heavy atom. The van der Waals surface area contributed by atoms with Crippen molar-refractivity contribution in [1.82, 2.24) is 16.1 Å². The van der Waals surface area contributed by atoms with Gasteiger partial charge in [0.1, 0.15) is 12.4 Å². The molecule has 0 radical (unpaired) electrons. The first-order valence-corrected chi connectivity index (χ1v) is 14.8. The molecule has 1 atom stereocenters. The Kier molecular flexibility index (Phi) is 11.6. The smallest absolute Gasteiger partial charge is 0.338 e. The number of allylic oxidation sites excluding steroid dienone is 1. The van der Waals surface area contributed by atoms with Crippen LogP contribution in [0.5, 0.6) is 23.0 Å². The van der Waals surface area contributed by atoms with Gasteiger partial charge in [0.25, 0.3) is 5.91 Å². The van der Waals surface area contributed by atoms with Gasteiger partial charge >= 0.3 is 12.0 Å². The number of hydrogen-bond acceptors (Lipinski definition) is 9. The number of esters is 1. The van der Waals surface area contributed by atoms with Crippen LogP contribution in [0, 0.1) is 5.82 Å². The number of amides is 3. The lowest BCUT2D eigenvalue weighted by molar-refractivity contribution is -0.139. The van der Waals surface area contributed by atoms with E-state index in [0.717, 1.165) is 0 Å². The number of methoxy groups -OCH3 is 2. The van der Waals surface area contributed by atoms with Crippen LogP contribution in [0.2, 0.25) is 0 Å². The molecule has 0 saturated carbocycles. The number of rotatable bonds is 13. The Labute approximate surface area is 273 Å². The van der Waals surface area contributed by atoms with Crippen molar-refractivity contribution in [3.05, 3.63) is 92.8 Å². The maximum atomic E-state index is 13.5. The van der Waals surface area contributed by atoms with E-state index in [-0.39, 0.29) is 42.7 Å². The summed E-state index contributed by atoms with van der Waals surface area (Å²) in [6, 6.07) is 13.0. The number of carbonyl (C=O) groups is 3. The molecule has 0 unspecified atom stereocenters. The number of nitrogens with zero attached hydrogens (tertiary/aromatic N) is 1. The first kappa shape index (κ1) is 33.8. The van der Waals surface area contributed by atoms with Gasteiger partial charge in [0, 0.05) is 15.7 Å². The van der Waals surface area contributed by atoms with Crippen molar-refractivity contribution in [3.63, 3.8) is 0 Å². The third-order valence-electron chi connectivity index (χ3n) is 6.60. The van der Waals surface area contributed by atoms with Gasteiger partial charge in [0.15, 0.2) is 29.6 Å². The molecule has 0 saturated heterocycles. The summed E-state index contributed by atoms with van der Waals surface area (Å²) in [5.74, 6) is -0.0929. The monoisotopic (exact) mass is 698 g/mol. The number of hydrogen-bond donors (Lipinski definition) is 3. The number of nitrogens with one attached hydrogen (secondary N) is 3. The lowest BCUT2D eigenvalue weighted by Gasteiger charge is -2.28. The molecule has 0 aromatic heterocycles. The molecule has 242 valence electrons. The molecule has 4 rings (SSSR count). The molecule has 1 aliphatic heterocycles. The second-order valence-corrected chi connectivity index (χ2v) is 10.6. The number of hydrazone groups is 1. The first-order valence-electron chi connectivity index (χ1n) is 14.0. The van der Waals surface area contributed by atoms with Crippen LogP contribution in [0.15, 0.2) is 75.4 Å². The maximum Gasteiger partial charge on any atom is 0.338 e. The summed E-state index contributed by atoms with van der Waals surface area (Å²) < 4.78 is 41.6. The van der Waals surface area contributed by atoms with E-state index in [1.165, 1.54) is 32.6 Å². The zero-order valence-electron chi connectivity index (χ0n) is 25.4. The van der Waals surface area contributed by atoms with Crippen molar-refractivity contribution in [1.29, 1.82) is 0 Å². The van der Waals surface area contributed by atoms with Gasteiger partial charge in [-0.15, -0.1) is 0 Å². The average Bonchev–Trinajstić information content (AvgIpc) is 3.03. The van der Waals surface area contributed by atoms with Crippen LogP contribution in [-0.4, -0.2) is 51.6 Å². The van der Waals surface area contributed by atoms with Crippen molar-refractivity contribution in [2.24, 2.45) is 5.10 Å². The highest BCUT2D eigenvalue weighted by Gasteiger charge is 2.32. The molecule has 3 N–H and O–H groups in total. The summed E-state index contributed by atoms with van der Waals surface area (Å²) in [5.41, 5.74) is 4.82. The summed E-state index contributed by atoms with van der Waals surface area (Å²) in [6.07, 6.45) is 1.42. The van der Waals surface area contributed by atoms with Crippen molar-refractivity contribution in [3.8, 4) is 23.0 Å². The van der Waals surface area contributed by atoms with Crippen LogP contribution in [0.1, 0.15) is 36.6 Å². The number of halogens is 2. The van der Waals surface area contributed by atoms with E-state index in [1.54, 1.807) is 56.3 Å². The molecular weight excluding hydrogens is 667 g/mol. The standard InChI is InChI=1S/C32H32BrFN4O8/c1-5-44-31(40)29-18(2)36-32(41)37-30(29)20-9-10-24(25(12-20)42-3)46-17-28(39)38-35-15-21-13-26(43-4)27(14-23(21)33)45-16-19-7-6-8-22(34)11-19/h6-15,30H,5,16-17H2,1-4H3,(H,38,39)(H2,36,37,41)/b35-15-/t30-/m0/s1. The average molecular weight is 700 g/mol. The topological polar surface area (TPSA) is 146 Å². The van der Waals surface area contributed by atoms with Crippen LogP contribution in [0.4, 0.5) is 9.18 Å². The van der Waals surface area contributed by atoms with Gasteiger partial charge in [-0.2, -0.15) is 5.10 Å². The highest BCUT2D eigenvalue weighted by atomic mass is 79.9. The summed E-state index contributed by atoms with van der Waals surface area (Å²) in [4.78, 5) is 37.3. The van der Waals surface area contributed by atoms with Crippen LogP contribution in [0.25, 0.3) is 0 Å². The number of carbonyl (C=O) groups excluding carboxylic acids is 3. The summed E-state index contributed by atoms with van der Waals surface area (Å²) >= 11 is 3.46. The molecule has 0 spiro atoms. The molecular formula is C32H32BrFN4O8. The van der Waals surface area contributed by atoms with E-state index in [9.17, 15) is 18.8 Å². The summed E-state index contributed by atoms with van der Waals surface area (Å²) in [6.45, 7) is 3.23. The van der Waals surface area contributed by atoms with Gasteiger partial charge in [-0.3, -0.25) is 4.79 Å². The highest BCUT2D eigenvalue weighted by molar-refractivity contribution is 9.10. The molecule has 12 nitrogen and oxygen atoms in total. The van der Waals surface area contributed by atoms with Gasteiger partial charge < -0.3 is 34.3 Å². The minimum absolute atomic E-state index is 0.136. The molecule has 46 heavy (non-hydrogen) atoms. The molecule has 0 fully saturated rings. The lowest BCUT2D eigenvalue weighted by Crippen LogP contribution is -2.45. The van der Waals surface area contributed by atoms with Crippen molar-refractivity contribution < 1.29 is 42.5 Å². The van der Waals surface area contributed by atoms with Gasteiger partial charge in [-0.25, -0.2) is 19.4 Å². The number of benzene rings is 3. The second-order valence-electron chi connectivity index (χ2n) is 9.73. The fourth-order valence-corrected chi connectivity index (χ4v) is 4.89. The van der Waals surface area contributed by atoms with Crippen molar-refractivity contribution in [2.75, 3.05) is 27.4 Å². The van der Waals surface area contributed by atoms with E-state index >= 15 is 0 Å². The third-order valence-corrected chi connectivity index (χ3v) is 7.29. The molecule has 0 bridgehead atoms. The van der Waals surface area contributed by atoms with Crippen LogP contribution < -0.4 is 35.0 Å². The Morgan fingerprint density at radius 2 is 1.78 bits per heavy atom. The fraction of sp³-hybridized carbons (Fsp3) is 0.250. The number of urea groups is 1. The lowest BCUT2D eigenvalue weighted by atomic mass is 9.95. The van der Waals surface area contributed by atoms with E-state index < -0.39 is 23.9 Å². The van der Waals surface area contributed by atoms with Gasteiger partial charge in [-0.1, -0.05) is 18.2 Å². The Bertz CT molecular complexity index is 1680. The quantitative estimate of drug-likeness (QED) is 0.130. The third kappa shape index (κ3) is 8.53. The Morgan fingerprint density at radius 1 is 1.02 bits per heavy atom. The van der Waals surface area contributed by atoms with Gasteiger partial charge in [0.2, 0.25) is 0 Å². The van der Waals surface area contributed by atoms with Gasteiger partial charge in [0.05, 0.1) is 38.7 Å². The predicted molar refractivity (Wildman–Crippen MR) is 169 cm³/mol.